The smallest absolute Gasteiger partial charge is 0.410 e. The van der Waals surface area contributed by atoms with E-state index in [9.17, 15) is 9.18 Å². The summed E-state index contributed by atoms with van der Waals surface area (Å²) in [4.78, 5) is 18.3. The van der Waals surface area contributed by atoms with Crippen LogP contribution in [0.15, 0.2) is 23.2 Å². The van der Waals surface area contributed by atoms with Gasteiger partial charge in [0.25, 0.3) is 0 Å². The molecule has 1 aliphatic heterocycles. The number of piperidine rings is 1. The van der Waals surface area contributed by atoms with Crippen molar-refractivity contribution in [2.45, 2.75) is 52.7 Å². The topological polar surface area (TPSA) is 66.0 Å². The molecular weight excluding hydrogens is 359 g/mol. The number of hydrogen-bond acceptors (Lipinski definition) is 3. The number of ether oxygens (including phenoxy) is 1. The second-order valence-electron chi connectivity index (χ2n) is 8.32. The molecule has 1 atom stereocenters. The van der Waals surface area contributed by atoms with Crippen LogP contribution in [0.3, 0.4) is 0 Å². The highest BCUT2D eigenvalue weighted by atomic mass is 19.1. The standard InChI is InChI=1S/C21H33FN4O2/c1-15-11-16(8-9-18(15)22)12-24-19(23-5)25-13-17-7-6-10-26(14-17)20(27)28-21(2,3)4/h8-9,11,17H,6-7,10,12-14H2,1-5H3,(H2,23,24,25). The second kappa shape index (κ2) is 9.75. The molecule has 0 aromatic heterocycles. The highest BCUT2D eigenvalue weighted by Gasteiger charge is 2.27. The summed E-state index contributed by atoms with van der Waals surface area (Å²) in [7, 11) is 1.72. The molecule has 1 saturated heterocycles. The van der Waals surface area contributed by atoms with E-state index < -0.39 is 5.60 Å². The van der Waals surface area contributed by atoms with Gasteiger partial charge in [0.1, 0.15) is 11.4 Å². The molecule has 1 unspecified atom stereocenters. The van der Waals surface area contributed by atoms with Gasteiger partial charge in [-0.05, 0) is 63.6 Å². The molecule has 156 valence electrons. The van der Waals surface area contributed by atoms with Gasteiger partial charge < -0.3 is 20.3 Å². The van der Waals surface area contributed by atoms with E-state index in [0.29, 0.717) is 30.5 Å². The van der Waals surface area contributed by atoms with Crippen LogP contribution in [0.1, 0.15) is 44.7 Å². The fourth-order valence-electron chi connectivity index (χ4n) is 3.19. The molecule has 0 saturated carbocycles. The van der Waals surface area contributed by atoms with Gasteiger partial charge in [-0.3, -0.25) is 4.99 Å². The minimum atomic E-state index is -0.479. The minimum Gasteiger partial charge on any atom is -0.444 e. The number of hydrogen-bond donors (Lipinski definition) is 2. The minimum absolute atomic E-state index is 0.196. The third-order valence-corrected chi connectivity index (χ3v) is 4.63. The van der Waals surface area contributed by atoms with Crippen LogP contribution in [0.25, 0.3) is 0 Å². The quantitative estimate of drug-likeness (QED) is 0.608. The van der Waals surface area contributed by atoms with Crippen molar-refractivity contribution in [3.63, 3.8) is 0 Å². The molecule has 6 nitrogen and oxygen atoms in total. The van der Waals surface area contributed by atoms with Crippen LogP contribution in [0, 0.1) is 18.7 Å². The molecule has 1 amide bonds. The van der Waals surface area contributed by atoms with Gasteiger partial charge in [-0.1, -0.05) is 12.1 Å². The SMILES string of the molecule is CN=C(NCc1ccc(F)c(C)c1)NCC1CCCN(C(=O)OC(C)(C)C)C1. The zero-order chi connectivity index (χ0) is 20.7. The lowest BCUT2D eigenvalue weighted by Gasteiger charge is -2.34. The normalized spacial score (nSPS) is 18.0. The highest BCUT2D eigenvalue weighted by molar-refractivity contribution is 5.79. The van der Waals surface area contributed by atoms with Gasteiger partial charge in [0.2, 0.25) is 0 Å². The summed E-state index contributed by atoms with van der Waals surface area (Å²) in [5.41, 5.74) is 1.15. The number of halogens is 1. The zero-order valence-electron chi connectivity index (χ0n) is 17.6. The maximum absolute atomic E-state index is 13.4. The molecule has 1 aliphatic rings. The van der Waals surface area contributed by atoms with E-state index in [1.54, 1.807) is 24.9 Å². The Balaban J connectivity index is 1.80. The number of aliphatic imine (C=N–C) groups is 1. The Morgan fingerprint density at radius 3 is 2.75 bits per heavy atom. The number of aryl methyl sites for hydroxylation is 1. The van der Waals surface area contributed by atoms with E-state index in [2.05, 4.69) is 15.6 Å². The number of nitrogens with zero attached hydrogens (tertiary/aromatic N) is 2. The maximum atomic E-state index is 13.4. The third-order valence-electron chi connectivity index (χ3n) is 4.63. The Morgan fingerprint density at radius 1 is 1.36 bits per heavy atom. The lowest BCUT2D eigenvalue weighted by atomic mass is 9.98. The Hall–Kier alpha value is -2.31. The number of rotatable bonds is 4. The van der Waals surface area contributed by atoms with Crippen LogP contribution in [-0.4, -0.2) is 49.2 Å². The van der Waals surface area contributed by atoms with Crippen molar-refractivity contribution in [1.29, 1.82) is 0 Å². The number of carbonyl (C=O) groups is 1. The average molecular weight is 393 g/mol. The highest BCUT2D eigenvalue weighted by Crippen LogP contribution is 2.19. The first kappa shape index (κ1) is 22.0. The van der Waals surface area contributed by atoms with Crippen LogP contribution in [0.2, 0.25) is 0 Å². The Kier molecular flexibility index (Phi) is 7.66. The van der Waals surface area contributed by atoms with Crippen molar-refractivity contribution in [3.8, 4) is 0 Å². The van der Waals surface area contributed by atoms with Crippen molar-refractivity contribution in [2.75, 3.05) is 26.7 Å². The first-order valence-electron chi connectivity index (χ1n) is 9.85. The van der Waals surface area contributed by atoms with Gasteiger partial charge in [-0.25, -0.2) is 9.18 Å². The van der Waals surface area contributed by atoms with Gasteiger partial charge in [0.15, 0.2) is 5.96 Å². The molecule has 1 aromatic rings. The van der Waals surface area contributed by atoms with Crippen LogP contribution in [0.4, 0.5) is 9.18 Å². The number of nitrogens with one attached hydrogen (secondary N) is 2. The summed E-state index contributed by atoms with van der Waals surface area (Å²) >= 11 is 0. The number of likely N-dealkylation sites (tertiary alicyclic amines) is 1. The molecule has 2 N–H and O–H groups in total. The molecule has 2 rings (SSSR count). The van der Waals surface area contributed by atoms with E-state index in [-0.39, 0.29) is 11.9 Å². The lowest BCUT2D eigenvalue weighted by Crippen LogP contribution is -2.47. The molecule has 28 heavy (non-hydrogen) atoms. The first-order chi connectivity index (χ1) is 13.2. The van der Waals surface area contributed by atoms with Gasteiger partial charge in [-0.2, -0.15) is 0 Å². The van der Waals surface area contributed by atoms with Crippen molar-refractivity contribution in [2.24, 2.45) is 10.9 Å². The van der Waals surface area contributed by atoms with Crippen LogP contribution in [-0.2, 0) is 11.3 Å². The number of carbonyl (C=O) groups excluding carboxylic acids is 1. The van der Waals surface area contributed by atoms with E-state index in [4.69, 9.17) is 4.74 Å². The molecular formula is C21H33FN4O2. The van der Waals surface area contributed by atoms with Crippen molar-refractivity contribution in [3.05, 3.63) is 35.1 Å². The van der Waals surface area contributed by atoms with Crippen molar-refractivity contribution < 1.29 is 13.9 Å². The fourth-order valence-corrected chi connectivity index (χ4v) is 3.19. The molecule has 0 bridgehead atoms. The summed E-state index contributed by atoms with van der Waals surface area (Å²) < 4.78 is 18.9. The lowest BCUT2D eigenvalue weighted by molar-refractivity contribution is 0.0168. The summed E-state index contributed by atoms with van der Waals surface area (Å²) in [6.45, 7) is 10.1. The Morgan fingerprint density at radius 2 is 2.11 bits per heavy atom. The largest absolute Gasteiger partial charge is 0.444 e. The monoisotopic (exact) mass is 392 g/mol. The molecule has 0 aliphatic carbocycles. The van der Waals surface area contributed by atoms with E-state index >= 15 is 0 Å². The number of amides is 1. The van der Waals surface area contributed by atoms with Crippen molar-refractivity contribution in [1.82, 2.24) is 15.5 Å². The molecule has 1 heterocycles. The number of guanidine groups is 1. The average Bonchev–Trinajstić information content (AvgIpc) is 2.63. The van der Waals surface area contributed by atoms with Crippen LogP contribution >= 0.6 is 0 Å². The summed E-state index contributed by atoms with van der Waals surface area (Å²) in [5.74, 6) is 0.836. The van der Waals surface area contributed by atoms with E-state index in [1.165, 1.54) is 6.07 Å². The molecule has 0 radical (unpaired) electrons. The van der Waals surface area contributed by atoms with Gasteiger partial charge in [-0.15, -0.1) is 0 Å². The van der Waals surface area contributed by atoms with Gasteiger partial charge >= 0.3 is 6.09 Å². The summed E-state index contributed by atoms with van der Waals surface area (Å²) in [6, 6.07) is 5.08. The second-order valence-corrected chi connectivity index (χ2v) is 8.32. The predicted molar refractivity (Wildman–Crippen MR) is 110 cm³/mol. The summed E-state index contributed by atoms with van der Waals surface area (Å²) in [5, 5.41) is 6.58. The first-order valence-corrected chi connectivity index (χ1v) is 9.85. The molecule has 1 fully saturated rings. The maximum Gasteiger partial charge on any atom is 0.410 e. The Labute approximate surface area is 167 Å². The number of benzene rings is 1. The molecule has 0 spiro atoms. The fraction of sp³-hybridized carbons (Fsp3) is 0.619. The van der Waals surface area contributed by atoms with Crippen molar-refractivity contribution >= 4 is 12.1 Å². The Bertz CT molecular complexity index is 700. The van der Waals surface area contributed by atoms with E-state index in [0.717, 1.165) is 31.5 Å². The summed E-state index contributed by atoms with van der Waals surface area (Å²) in [6.07, 6.45) is 1.78. The predicted octanol–water partition coefficient (Wildman–Crippen LogP) is 3.45. The van der Waals surface area contributed by atoms with Gasteiger partial charge in [0, 0.05) is 33.2 Å². The van der Waals surface area contributed by atoms with Gasteiger partial charge in [0.05, 0.1) is 0 Å². The van der Waals surface area contributed by atoms with Crippen LogP contribution in [0.5, 0.6) is 0 Å². The van der Waals surface area contributed by atoms with Crippen LogP contribution < -0.4 is 10.6 Å². The third kappa shape index (κ3) is 7.02. The molecule has 1 aromatic carbocycles. The van der Waals surface area contributed by atoms with E-state index in [1.807, 2.05) is 26.8 Å². The zero-order valence-corrected chi connectivity index (χ0v) is 17.6. The molecule has 7 heteroatoms.